The molecular weight excluding hydrogens is 332 g/mol. The van der Waals surface area contributed by atoms with Crippen LogP contribution in [0.15, 0.2) is 22.7 Å². The van der Waals surface area contributed by atoms with Crippen LogP contribution < -0.4 is 10.2 Å². The van der Waals surface area contributed by atoms with Gasteiger partial charge in [-0.3, -0.25) is 0 Å². The summed E-state index contributed by atoms with van der Waals surface area (Å²) in [4.78, 5) is 2.45. The molecule has 1 N–H and O–H groups in total. The summed E-state index contributed by atoms with van der Waals surface area (Å²) in [5.41, 5.74) is 2.55. The third kappa shape index (κ3) is 4.68. The van der Waals surface area contributed by atoms with Crippen molar-refractivity contribution < 1.29 is 9.47 Å². The first-order chi connectivity index (χ1) is 10.3. The van der Waals surface area contributed by atoms with Crippen molar-refractivity contribution in [2.24, 2.45) is 0 Å². The molecule has 2 rings (SSSR count). The molecule has 0 aromatic heterocycles. The van der Waals surface area contributed by atoms with Crippen LogP contribution in [0.1, 0.15) is 18.9 Å². The number of ether oxygens (including phenoxy) is 2. The lowest BCUT2D eigenvalue weighted by Crippen LogP contribution is -2.45. The van der Waals surface area contributed by atoms with Crippen molar-refractivity contribution in [3.8, 4) is 0 Å². The zero-order chi connectivity index (χ0) is 15.1. The molecule has 1 fully saturated rings. The van der Waals surface area contributed by atoms with Crippen LogP contribution >= 0.6 is 15.9 Å². The Labute approximate surface area is 135 Å². The summed E-state index contributed by atoms with van der Waals surface area (Å²) in [6.07, 6.45) is 1.11. The first-order valence-electron chi connectivity index (χ1n) is 7.58. The first-order valence-corrected chi connectivity index (χ1v) is 8.38. The van der Waals surface area contributed by atoms with Gasteiger partial charge in [-0.05, 0) is 24.1 Å². The van der Waals surface area contributed by atoms with Gasteiger partial charge in [-0.2, -0.15) is 0 Å². The van der Waals surface area contributed by atoms with Crippen LogP contribution in [0, 0.1) is 0 Å². The highest BCUT2D eigenvalue weighted by Crippen LogP contribution is 2.27. The third-order valence-corrected chi connectivity index (χ3v) is 4.60. The largest absolute Gasteiger partial charge is 0.383 e. The van der Waals surface area contributed by atoms with Gasteiger partial charge in [0.25, 0.3) is 0 Å². The van der Waals surface area contributed by atoms with E-state index in [9.17, 15) is 0 Å². The molecule has 118 valence electrons. The molecule has 1 unspecified atom stereocenters. The summed E-state index contributed by atoms with van der Waals surface area (Å²) in [5.74, 6) is 0. The van der Waals surface area contributed by atoms with Gasteiger partial charge in [-0.15, -0.1) is 0 Å². The maximum atomic E-state index is 5.58. The topological polar surface area (TPSA) is 33.7 Å². The van der Waals surface area contributed by atoms with Gasteiger partial charge in [0, 0.05) is 36.9 Å². The predicted octanol–water partition coefficient (Wildman–Crippen LogP) is 2.80. The maximum absolute atomic E-state index is 5.58. The molecule has 21 heavy (non-hydrogen) atoms. The molecule has 1 aromatic carbocycles. The monoisotopic (exact) mass is 356 g/mol. The Morgan fingerprint density at radius 2 is 2.33 bits per heavy atom. The Morgan fingerprint density at radius 1 is 1.48 bits per heavy atom. The second-order valence-corrected chi connectivity index (χ2v) is 6.13. The van der Waals surface area contributed by atoms with Gasteiger partial charge in [-0.25, -0.2) is 0 Å². The van der Waals surface area contributed by atoms with Gasteiger partial charge in [-0.1, -0.05) is 28.9 Å². The van der Waals surface area contributed by atoms with Crippen LogP contribution in [0.4, 0.5) is 5.69 Å². The highest BCUT2D eigenvalue weighted by Gasteiger charge is 2.21. The van der Waals surface area contributed by atoms with Crippen LogP contribution in [-0.4, -0.2) is 46.1 Å². The number of rotatable bonds is 7. The standard InChI is InChI=1S/C16H25BrN2O2/c1-3-14-12-21-9-7-19(14)15-5-4-13(16(17)10-15)11-18-6-8-20-2/h4-5,10,14,18H,3,6-9,11-12H2,1-2H3. The molecule has 0 saturated carbocycles. The molecule has 1 atom stereocenters. The van der Waals surface area contributed by atoms with Gasteiger partial charge < -0.3 is 19.7 Å². The van der Waals surface area contributed by atoms with Crippen LogP contribution in [0.3, 0.4) is 0 Å². The Morgan fingerprint density at radius 3 is 3.05 bits per heavy atom. The number of benzene rings is 1. The van der Waals surface area contributed by atoms with Crippen molar-refractivity contribution in [1.82, 2.24) is 5.32 Å². The molecular formula is C16H25BrN2O2. The SMILES string of the molecule is CCC1COCCN1c1ccc(CNCCOC)c(Br)c1. The number of anilines is 1. The van der Waals surface area contributed by atoms with Crippen LogP contribution in [-0.2, 0) is 16.0 Å². The molecule has 4 nitrogen and oxygen atoms in total. The summed E-state index contributed by atoms with van der Waals surface area (Å²) in [6, 6.07) is 7.12. The van der Waals surface area contributed by atoms with Crippen molar-refractivity contribution in [3.63, 3.8) is 0 Å². The lowest BCUT2D eigenvalue weighted by Gasteiger charge is -2.37. The number of nitrogens with one attached hydrogen (secondary N) is 1. The number of hydrogen-bond acceptors (Lipinski definition) is 4. The van der Waals surface area contributed by atoms with Crippen molar-refractivity contribution >= 4 is 21.6 Å². The minimum atomic E-state index is 0.483. The fourth-order valence-corrected chi connectivity index (χ4v) is 3.10. The molecule has 1 aliphatic rings. The zero-order valence-electron chi connectivity index (χ0n) is 12.9. The molecule has 0 radical (unpaired) electrons. The molecule has 5 heteroatoms. The molecule has 0 aliphatic carbocycles. The van der Waals surface area contributed by atoms with Gasteiger partial charge in [0.15, 0.2) is 0 Å². The number of morpholine rings is 1. The van der Waals surface area contributed by atoms with Crippen molar-refractivity contribution in [1.29, 1.82) is 0 Å². The highest BCUT2D eigenvalue weighted by atomic mass is 79.9. The Kier molecular flexibility index (Phi) is 6.96. The van der Waals surface area contributed by atoms with Gasteiger partial charge in [0.1, 0.15) is 0 Å². The van der Waals surface area contributed by atoms with E-state index in [0.717, 1.165) is 50.3 Å². The highest BCUT2D eigenvalue weighted by molar-refractivity contribution is 9.10. The van der Waals surface area contributed by atoms with E-state index >= 15 is 0 Å². The fourth-order valence-electron chi connectivity index (χ4n) is 2.59. The second-order valence-electron chi connectivity index (χ2n) is 5.28. The van der Waals surface area contributed by atoms with E-state index < -0.39 is 0 Å². The van der Waals surface area contributed by atoms with E-state index in [1.165, 1.54) is 11.3 Å². The van der Waals surface area contributed by atoms with E-state index in [0.29, 0.717) is 6.04 Å². The van der Waals surface area contributed by atoms with Crippen LogP contribution in [0.2, 0.25) is 0 Å². The first kappa shape index (κ1) is 16.7. The predicted molar refractivity (Wildman–Crippen MR) is 90.0 cm³/mol. The van der Waals surface area contributed by atoms with E-state index in [-0.39, 0.29) is 0 Å². The average molecular weight is 357 g/mol. The number of hydrogen-bond donors (Lipinski definition) is 1. The maximum Gasteiger partial charge on any atom is 0.0670 e. The summed E-state index contributed by atoms with van der Waals surface area (Å²) in [6.45, 7) is 7.28. The van der Waals surface area contributed by atoms with Crippen LogP contribution in [0.25, 0.3) is 0 Å². The van der Waals surface area contributed by atoms with E-state index in [1.54, 1.807) is 7.11 Å². The molecule has 1 aromatic rings. The Balaban J connectivity index is 2.00. The summed E-state index contributed by atoms with van der Waals surface area (Å²) in [7, 11) is 1.72. The summed E-state index contributed by atoms with van der Waals surface area (Å²) >= 11 is 3.70. The van der Waals surface area contributed by atoms with E-state index in [4.69, 9.17) is 9.47 Å². The van der Waals surface area contributed by atoms with Gasteiger partial charge in [0.2, 0.25) is 0 Å². The molecule has 0 spiro atoms. The molecule has 1 heterocycles. The van der Waals surface area contributed by atoms with E-state index in [1.807, 2.05) is 0 Å². The number of halogens is 1. The van der Waals surface area contributed by atoms with E-state index in [2.05, 4.69) is 51.3 Å². The zero-order valence-corrected chi connectivity index (χ0v) is 14.5. The lowest BCUT2D eigenvalue weighted by atomic mass is 10.1. The van der Waals surface area contributed by atoms with Crippen molar-refractivity contribution in [2.45, 2.75) is 25.9 Å². The Hall–Kier alpha value is -0.620. The van der Waals surface area contributed by atoms with Crippen LogP contribution in [0.5, 0.6) is 0 Å². The number of nitrogens with zero attached hydrogens (tertiary/aromatic N) is 1. The molecule has 0 bridgehead atoms. The number of methoxy groups -OCH3 is 1. The lowest BCUT2D eigenvalue weighted by molar-refractivity contribution is 0.0930. The molecule has 1 saturated heterocycles. The van der Waals surface area contributed by atoms with Gasteiger partial charge >= 0.3 is 0 Å². The third-order valence-electron chi connectivity index (χ3n) is 3.87. The molecule has 1 aliphatic heterocycles. The minimum absolute atomic E-state index is 0.483. The molecule has 0 amide bonds. The Bertz CT molecular complexity index is 442. The second kappa shape index (κ2) is 8.73. The fraction of sp³-hybridized carbons (Fsp3) is 0.625. The minimum Gasteiger partial charge on any atom is -0.383 e. The van der Waals surface area contributed by atoms with Gasteiger partial charge in [0.05, 0.1) is 25.9 Å². The summed E-state index contributed by atoms with van der Waals surface area (Å²) in [5, 5.41) is 3.37. The smallest absolute Gasteiger partial charge is 0.0670 e. The quantitative estimate of drug-likeness (QED) is 0.761. The normalized spacial score (nSPS) is 19.0. The summed E-state index contributed by atoms with van der Waals surface area (Å²) < 4.78 is 11.8. The van der Waals surface area contributed by atoms with Crippen molar-refractivity contribution in [3.05, 3.63) is 28.2 Å². The average Bonchev–Trinajstić information content (AvgIpc) is 2.52. The van der Waals surface area contributed by atoms with Crippen molar-refractivity contribution in [2.75, 3.05) is 44.9 Å².